The summed E-state index contributed by atoms with van der Waals surface area (Å²) in [4.78, 5) is 21.8. The Hall–Kier alpha value is -3.15. The predicted octanol–water partition coefficient (Wildman–Crippen LogP) is 3.54. The van der Waals surface area contributed by atoms with Crippen LogP contribution < -0.4 is 5.32 Å². The van der Waals surface area contributed by atoms with Crippen LogP contribution in [0.5, 0.6) is 0 Å². The summed E-state index contributed by atoms with van der Waals surface area (Å²) in [7, 11) is 0. The first-order valence-corrected chi connectivity index (χ1v) is 9.78. The Labute approximate surface area is 164 Å². The summed E-state index contributed by atoms with van der Waals surface area (Å²) in [5.74, 6) is 2.30. The Bertz CT molecular complexity index is 1110. The Morgan fingerprint density at radius 2 is 1.86 bits per heavy atom. The van der Waals surface area contributed by atoms with Crippen LogP contribution >= 0.6 is 0 Å². The highest BCUT2D eigenvalue weighted by Crippen LogP contribution is 2.16. The van der Waals surface area contributed by atoms with E-state index in [9.17, 15) is 4.79 Å². The first-order chi connectivity index (χ1) is 13.6. The number of carbonyl (C=O) groups excluding carboxylic acids is 1. The Morgan fingerprint density at radius 3 is 2.68 bits per heavy atom. The van der Waals surface area contributed by atoms with Gasteiger partial charge in [0.25, 0.3) is 5.91 Å². The molecule has 1 N–H and O–H groups in total. The summed E-state index contributed by atoms with van der Waals surface area (Å²) in [6.45, 7) is 4.90. The van der Waals surface area contributed by atoms with Crippen molar-refractivity contribution in [3.8, 4) is 0 Å². The van der Waals surface area contributed by atoms with Crippen molar-refractivity contribution in [1.82, 2.24) is 24.1 Å². The van der Waals surface area contributed by atoms with Crippen molar-refractivity contribution in [1.29, 1.82) is 0 Å². The first-order valence-electron chi connectivity index (χ1n) is 9.78. The van der Waals surface area contributed by atoms with Gasteiger partial charge in [0.15, 0.2) is 5.69 Å². The summed E-state index contributed by atoms with van der Waals surface area (Å²) in [6, 6.07) is 11.9. The lowest BCUT2D eigenvalue weighted by Gasteiger charge is -2.04. The zero-order valence-corrected chi connectivity index (χ0v) is 16.3. The van der Waals surface area contributed by atoms with Gasteiger partial charge in [0.1, 0.15) is 11.6 Å². The van der Waals surface area contributed by atoms with Crippen molar-refractivity contribution in [2.45, 2.75) is 33.1 Å². The van der Waals surface area contributed by atoms with Crippen molar-refractivity contribution in [2.75, 3.05) is 6.54 Å². The fourth-order valence-electron chi connectivity index (χ4n) is 3.49. The second-order valence-corrected chi connectivity index (χ2v) is 7.46. The number of aromatic nitrogens is 4. The van der Waals surface area contributed by atoms with Crippen LogP contribution in [0.4, 0.5) is 0 Å². The number of aryl methyl sites for hydroxylation is 1. The van der Waals surface area contributed by atoms with Crippen LogP contribution in [0.1, 0.15) is 42.4 Å². The molecule has 0 saturated carbocycles. The smallest absolute Gasteiger partial charge is 0.272 e. The molecule has 0 aromatic carbocycles. The van der Waals surface area contributed by atoms with Crippen LogP contribution in [-0.4, -0.2) is 31.2 Å². The molecule has 0 aliphatic heterocycles. The molecule has 0 radical (unpaired) electrons. The third-order valence-corrected chi connectivity index (χ3v) is 4.81. The van der Waals surface area contributed by atoms with Gasteiger partial charge in [-0.1, -0.05) is 26.0 Å². The standard InChI is InChI=1S/C22H25N5O/c1-16(2)14-20-25-21(18-9-4-6-13-27(18)20)22(28)23-11-7-10-19-24-15-17-8-3-5-12-26(17)19/h3-6,8-9,12-13,15-16H,7,10-11,14H2,1-2H3,(H,23,28). The molecule has 4 heterocycles. The van der Waals surface area contributed by atoms with Gasteiger partial charge >= 0.3 is 0 Å². The van der Waals surface area contributed by atoms with Crippen LogP contribution in [0.25, 0.3) is 11.0 Å². The molecule has 0 aliphatic rings. The third-order valence-electron chi connectivity index (χ3n) is 4.81. The SMILES string of the molecule is CC(C)Cc1nc(C(=O)NCCCc2ncc3ccccn23)c2ccccn12. The summed E-state index contributed by atoms with van der Waals surface area (Å²) in [6.07, 6.45) is 8.34. The Balaban J connectivity index is 1.41. The van der Waals surface area contributed by atoms with E-state index in [1.165, 1.54) is 0 Å². The largest absolute Gasteiger partial charge is 0.351 e. The molecule has 0 fully saturated rings. The van der Waals surface area contributed by atoms with E-state index in [0.29, 0.717) is 18.2 Å². The monoisotopic (exact) mass is 375 g/mol. The van der Waals surface area contributed by atoms with Crippen molar-refractivity contribution >= 4 is 16.9 Å². The molecule has 144 valence electrons. The van der Waals surface area contributed by atoms with E-state index < -0.39 is 0 Å². The number of nitrogens with zero attached hydrogens (tertiary/aromatic N) is 4. The topological polar surface area (TPSA) is 63.7 Å². The fourth-order valence-corrected chi connectivity index (χ4v) is 3.49. The first kappa shape index (κ1) is 18.2. The van der Waals surface area contributed by atoms with Gasteiger partial charge in [-0.2, -0.15) is 0 Å². The highest BCUT2D eigenvalue weighted by Gasteiger charge is 2.17. The Morgan fingerprint density at radius 1 is 1.07 bits per heavy atom. The molecule has 1 amide bonds. The number of nitrogens with one attached hydrogen (secondary N) is 1. The van der Waals surface area contributed by atoms with Crippen molar-refractivity contribution in [2.24, 2.45) is 5.92 Å². The molecule has 0 unspecified atom stereocenters. The molecular weight excluding hydrogens is 350 g/mol. The molecule has 28 heavy (non-hydrogen) atoms. The van der Waals surface area contributed by atoms with Gasteiger partial charge in [-0.05, 0) is 36.6 Å². The average Bonchev–Trinajstić information content (AvgIpc) is 3.27. The number of hydrogen-bond acceptors (Lipinski definition) is 3. The number of pyridine rings is 2. The molecule has 4 rings (SSSR count). The van der Waals surface area contributed by atoms with E-state index in [1.807, 2.05) is 59.4 Å². The fraction of sp³-hybridized carbons (Fsp3) is 0.318. The van der Waals surface area contributed by atoms with Gasteiger partial charge in [-0.3, -0.25) is 4.79 Å². The summed E-state index contributed by atoms with van der Waals surface area (Å²) in [5, 5.41) is 3.02. The molecule has 0 bridgehead atoms. The van der Waals surface area contributed by atoms with Gasteiger partial charge in [0.05, 0.1) is 17.2 Å². The predicted molar refractivity (Wildman–Crippen MR) is 110 cm³/mol. The normalized spacial score (nSPS) is 11.5. The molecule has 0 atom stereocenters. The number of hydrogen-bond donors (Lipinski definition) is 1. The van der Waals surface area contributed by atoms with Crippen molar-refractivity contribution in [3.63, 3.8) is 0 Å². The van der Waals surface area contributed by atoms with Crippen LogP contribution in [0, 0.1) is 5.92 Å². The molecule has 0 spiro atoms. The van der Waals surface area contributed by atoms with Crippen LogP contribution in [0.2, 0.25) is 0 Å². The summed E-state index contributed by atoms with van der Waals surface area (Å²) >= 11 is 0. The number of imidazole rings is 2. The van der Waals surface area contributed by atoms with E-state index in [1.54, 1.807) is 0 Å². The second-order valence-electron chi connectivity index (χ2n) is 7.46. The molecule has 4 aromatic heterocycles. The average molecular weight is 375 g/mol. The molecule has 6 nitrogen and oxygen atoms in total. The highest BCUT2D eigenvalue weighted by molar-refractivity contribution is 5.99. The van der Waals surface area contributed by atoms with Crippen molar-refractivity contribution < 1.29 is 4.79 Å². The third kappa shape index (κ3) is 3.63. The van der Waals surface area contributed by atoms with E-state index in [-0.39, 0.29) is 5.91 Å². The van der Waals surface area contributed by atoms with E-state index in [0.717, 1.165) is 41.9 Å². The highest BCUT2D eigenvalue weighted by atomic mass is 16.1. The molecular formula is C22H25N5O. The minimum Gasteiger partial charge on any atom is -0.351 e. The van der Waals surface area contributed by atoms with E-state index in [2.05, 4.69) is 33.5 Å². The van der Waals surface area contributed by atoms with E-state index in [4.69, 9.17) is 0 Å². The van der Waals surface area contributed by atoms with Crippen LogP contribution in [0.15, 0.2) is 55.0 Å². The van der Waals surface area contributed by atoms with Gasteiger partial charge in [-0.25, -0.2) is 9.97 Å². The van der Waals surface area contributed by atoms with Gasteiger partial charge < -0.3 is 14.1 Å². The number of fused-ring (bicyclic) bond motifs is 2. The lowest BCUT2D eigenvalue weighted by molar-refractivity contribution is 0.0950. The molecule has 0 aliphatic carbocycles. The lowest BCUT2D eigenvalue weighted by Crippen LogP contribution is -2.25. The maximum absolute atomic E-state index is 12.7. The number of carbonyl (C=O) groups is 1. The van der Waals surface area contributed by atoms with Crippen LogP contribution in [0.3, 0.4) is 0 Å². The second kappa shape index (κ2) is 7.84. The minimum atomic E-state index is -0.119. The van der Waals surface area contributed by atoms with Gasteiger partial charge in [0, 0.05) is 31.8 Å². The molecule has 0 saturated heterocycles. The minimum absolute atomic E-state index is 0.119. The molecule has 4 aromatic rings. The van der Waals surface area contributed by atoms with Gasteiger partial charge in [-0.15, -0.1) is 0 Å². The summed E-state index contributed by atoms with van der Waals surface area (Å²) in [5.41, 5.74) is 2.45. The quantitative estimate of drug-likeness (QED) is 0.503. The zero-order valence-electron chi connectivity index (χ0n) is 16.3. The molecule has 6 heteroatoms. The van der Waals surface area contributed by atoms with Gasteiger partial charge in [0.2, 0.25) is 0 Å². The lowest BCUT2D eigenvalue weighted by atomic mass is 10.1. The van der Waals surface area contributed by atoms with Crippen molar-refractivity contribution in [3.05, 3.63) is 72.3 Å². The number of rotatable bonds is 7. The number of amides is 1. The Kier molecular flexibility index (Phi) is 5.10. The van der Waals surface area contributed by atoms with E-state index >= 15 is 0 Å². The maximum Gasteiger partial charge on any atom is 0.272 e. The summed E-state index contributed by atoms with van der Waals surface area (Å²) < 4.78 is 4.11. The maximum atomic E-state index is 12.7. The zero-order chi connectivity index (χ0) is 19.5. The van der Waals surface area contributed by atoms with Crippen LogP contribution in [-0.2, 0) is 12.8 Å².